The van der Waals surface area contributed by atoms with Gasteiger partial charge in [-0.05, 0) is 23.9 Å². The van der Waals surface area contributed by atoms with E-state index < -0.39 is 18.0 Å². The summed E-state index contributed by atoms with van der Waals surface area (Å²) in [5, 5.41) is 23.9. The van der Waals surface area contributed by atoms with Crippen molar-refractivity contribution < 1.29 is 24.5 Å². The first-order valence-electron chi connectivity index (χ1n) is 10.4. The van der Waals surface area contributed by atoms with Gasteiger partial charge in [0.05, 0.1) is 49.7 Å². The van der Waals surface area contributed by atoms with Crippen molar-refractivity contribution in [2.45, 2.75) is 32.6 Å². The van der Waals surface area contributed by atoms with Crippen LogP contribution in [0, 0.1) is 11.8 Å². The van der Waals surface area contributed by atoms with Crippen LogP contribution in [0.4, 0.5) is 11.4 Å². The molecule has 0 spiro atoms. The molecule has 2 aromatic rings. The van der Waals surface area contributed by atoms with Crippen LogP contribution in [0.3, 0.4) is 0 Å². The number of hydrogen-bond donors (Lipinski definition) is 3. The molecule has 0 radical (unpaired) electrons. The molecule has 4 atom stereocenters. The number of hydrogen-bond acceptors (Lipinski definition) is 7. The molecule has 8 heteroatoms. The summed E-state index contributed by atoms with van der Waals surface area (Å²) in [6, 6.07) is 9.59. The van der Waals surface area contributed by atoms with Crippen molar-refractivity contribution in [1.29, 1.82) is 0 Å². The van der Waals surface area contributed by atoms with E-state index in [4.69, 9.17) is 4.74 Å². The van der Waals surface area contributed by atoms with Gasteiger partial charge in [0.25, 0.3) is 0 Å². The van der Waals surface area contributed by atoms with Gasteiger partial charge in [-0.1, -0.05) is 31.2 Å². The minimum absolute atomic E-state index is 0.0899. The highest BCUT2D eigenvalue weighted by Crippen LogP contribution is 2.49. The Morgan fingerprint density at radius 2 is 2.06 bits per heavy atom. The molecule has 5 rings (SSSR count). The van der Waals surface area contributed by atoms with E-state index in [1.165, 1.54) is 12.0 Å². The van der Waals surface area contributed by atoms with Crippen molar-refractivity contribution in [3.63, 3.8) is 0 Å². The summed E-state index contributed by atoms with van der Waals surface area (Å²) < 4.78 is 5.00. The highest BCUT2D eigenvalue weighted by atomic mass is 16.5. The second-order valence-electron chi connectivity index (χ2n) is 8.45. The predicted molar refractivity (Wildman–Crippen MR) is 115 cm³/mol. The zero-order valence-electron chi connectivity index (χ0n) is 17.6. The maximum Gasteiger partial charge on any atom is 0.354 e. The van der Waals surface area contributed by atoms with E-state index in [0.717, 1.165) is 33.3 Å². The number of aliphatic hydroxyl groups excluding tert-OH is 2. The van der Waals surface area contributed by atoms with Gasteiger partial charge in [0, 0.05) is 16.9 Å². The molecule has 2 aromatic carbocycles. The lowest BCUT2D eigenvalue weighted by molar-refractivity contribution is -0.163. The largest absolute Gasteiger partial charge is 0.464 e. The van der Waals surface area contributed by atoms with Crippen molar-refractivity contribution in [2.24, 2.45) is 11.8 Å². The van der Waals surface area contributed by atoms with Crippen molar-refractivity contribution in [3.8, 4) is 0 Å². The van der Waals surface area contributed by atoms with Crippen molar-refractivity contribution in [2.75, 3.05) is 24.1 Å². The highest BCUT2D eigenvalue weighted by Gasteiger charge is 2.60. The van der Waals surface area contributed by atoms with Crippen LogP contribution < -0.4 is 10.4 Å². The van der Waals surface area contributed by atoms with E-state index >= 15 is 0 Å². The minimum atomic E-state index is -0.788. The summed E-state index contributed by atoms with van der Waals surface area (Å²) in [6.45, 7) is 3.86. The fraction of sp³-hybridized carbons (Fsp3) is 0.391. The molecule has 1 amide bonds. The van der Waals surface area contributed by atoms with Gasteiger partial charge in [-0.2, -0.15) is 0 Å². The smallest absolute Gasteiger partial charge is 0.354 e. The molecule has 3 N–H and O–H groups in total. The molecule has 31 heavy (non-hydrogen) atoms. The zero-order valence-corrected chi connectivity index (χ0v) is 17.6. The molecule has 3 aliphatic heterocycles. The fourth-order valence-electron chi connectivity index (χ4n) is 5.32. The maximum absolute atomic E-state index is 12.7. The topological polar surface area (TPSA) is 102 Å². The monoisotopic (exact) mass is 423 g/mol. The van der Waals surface area contributed by atoms with Crippen molar-refractivity contribution >= 4 is 34.0 Å². The van der Waals surface area contributed by atoms with Gasteiger partial charge < -0.3 is 19.8 Å². The highest BCUT2D eigenvalue weighted by molar-refractivity contribution is 6.09. The minimum Gasteiger partial charge on any atom is -0.464 e. The summed E-state index contributed by atoms with van der Waals surface area (Å²) in [6.07, 6.45) is -0.788. The van der Waals surface area contributed by atoms with E-state index in [-0.39, 0.29) is 30.2 Å². The molecule has 0 aliphatic carbocycles. The van der Waals surface area contributed by atoms with Crippen LogP contribution in [0.5, 0.6) is 0 Å². The van der Waals surface area contributed by atoms with Crippen LogP contribution in [0.15, 0.2) is 41.6 Å². The lowest BCUT2D eigenvalue weighted by atomic mass is 9.77. The van der Waals surface area contributed by atoms with E-state index in [9.17, 15) is 19.8 Å². The predicted octanol–water partition coefficient (Wildman–Crippen LogP) is 1.76. The number of anilines is 2. The number of hydrazine groups is 1. The number of nitrogens with zero attached hydrogens (tertiary/aromatic N) is 2. The third-order valence-electron chi connectivity index (χ3n) is 6.84. The number of benzene rings is 2. The number of esters is 1. The summed E-state index contributed by atoms with van der Waals surface area (Å²) >= 11 is 0. The molecule has 1 fully saturated rings. The number of amides is 1. The Labute approximate surface area is 179 Å². The first kappa shape index (κ1) is 19.8. The Kier molecular flexibility index (Phi) is 4.46. The number of fused-ring (bicyclic) bond motifs is 1. The van der Waals surface area contributed by atoms with E-state index in [2.05, 4.69) is 5.43 Å². The Morgan fingerprint density at radius 3 is 2.74 bits per heavy atom. The van der Waals surface area contributed by atoms with E-state index in [0.29, 0.717) is 6.54 Å². The molecular weight excluding hydrogens is 398 g/mol. The molecular formula is C23H25N3O5. The number of β-lactam (4-membered cyclic amide) rings is 1. The number of methoxy groups -OCH3 is 1. The van der Waals surface area contributed by atoms with Crippen molar-refractivity contribution in [3.05, 3.63) is 47.2 Å². The Morgan fingerprint density at radius 1 is 1.29 bits per heavy atom. The number of rotatable bonds is 5. The number of ether oxygens (including phenoxy) is 1. The van der Waals surface area contributed by atoms with Crippen LogP contribution in [0.1, 0.15) is 19.4 Å². The zero-order chi connectivity index (χ0) is 22.0. The molecule has 3 heterocycles. The first-order valence-corrected chi connectivity index (χ1v) is 10.4. The Bertz CT molecular complexity index is 1140. The van der Waals surface area contributed by atoms with Gasteiger partial charge in [0.1, 0.15) is 5.70 Å². The molecule has 1 saturated heterocycles. The molecule has 0 saturated carbocycles. The molecule has 4 unspecified atom stereocenters. The van der Waals surface area contributed by atoms with Crippen LogP contribution in [-0.4, -0.2) is 52.8 Å². The van der Waals surface area contributed by atoms with Crippen molar-refractivity contribution in [1.82, 2.24) is 4.90 Å². The van der Waals surface area contributed by atoms with Gasteiger partial charge in [-0.15, -0.1) is 0 Å². The normalized spacial score (nSPS) is 24.9. The number of aliphatic hydroxyl groups is 2. The summed E-state index contributed by atoms with van der Waals surface area (Å²) in [5.41, 5.74) is 7.03. The van der Waals surface area contributed by atoms with Gasteiger partial charge in [0.2, 0.25) is 5.91 Å². The van der Waals surface area contributed by atoms with Gasteiger partial charge in [0.15, 0.2) is 0 Å². The second-order valence-corrected chi connectivity index (χ2v) is 8.45. The molecule has 3 aliphatic rings. The number of carbonyl (C=O) groups is 2. The third-order valence-corrected chi connectivity index (χ3v) is 6.84. The molecule has 162 valence electrons. The maximum atomic E-state index is 12.7. The van der Waals surface area contributed by atoms with Crippen LogP contribution in [0.25, 0.3) is 10.8 Å². The number of nitrogens with one attached hydrogen (secondary N) is 1. The van der Waals surface area contributed by atoms with Gasteiger partial charge >= 0.3 is 5.97 Å². The Balaban J connectivity index is 1.55. The first-order chi connectivity index (χ1) is 14.9. The van der Waals surface area contributed by atoms with Gasteiger partial charge in [-0.25, -0.2) is 4.79 Å². The molecule has 0 aromatic heterocycles. The lowest BCUT2D eigenvalue weighted by Crippen LogP contribution is -2.63. The van der Waals surface area contributed by atoms with Crippen LogP contribution in [-0.2, 0) is 20.9 Å². The Hall–Kier alpha value is -3.10. The summed E-state index contributed by atoms with van der Waals surface area (Å²) in [5.74, 6) is -1.44. The lowest BCUT2D eigenvalue weighted by Gasteiger charge is -2.46. The second kappa shape index (κ2) is 6.96. The quantitative estimate of drug-likeness (QED) is 0.498. The summed E-state index contributed by atoms with van der Waals surface area (Å²) in [4.78, 5) is 26.9. The molecule has 8 nitrogen and oxygen atoms in total. The average molecular weight is 423 g/mol. The van der Waals surface area contributed by atoms with Gasteiger partial charge in [-0.3, -0.25) is 15.2 Å². The van der Waals surface area contributed by atoms with E-state index in [1.807, 2.05) is 42.3 Å². The van der Waals surface area contributed by atoms with Crippen LogP contribution in [0.2, 0.25) is 0 Å². The molecule has 0 bridgehead atoms. The fourth-order valence-corrected chi connectivity index (χ4v) is 5.32. The van der Waals surface area contributed by atoms with Crippen LogP contribution >= 0.6 is 0 Å². The third kappa shape index (κ3) is 2.61. The van der Waals surface area contributed by atoms with E-state index in [1.54, 1.807) is 6.92 Å². The average Bonchev–Trinajstić information content (AvgIpc) is 3.23. The number of carbonyl (C=O) groups excluding carboxylic acids is 2. The summed E-state index contributed by atoms with van der Waals surface area (Å²) in [7, 11) is 1.31. The SMILES string of the molecule is COC(=O)C1=C(CN2Nc3c(CO)ccc4cccc2c34)C(C)C2C(C(C)O)C(=O)N12. The standard InChI is InChI=1S/C23H25N3O5/c1-11-15(21(23(30)31-3)26-20(11)17(12(2)28)22(26)29)9-25-16-6-4-5-13-7-8-14(10-27)19(24-25)18(13)16/h4-8,11-12,17,20,24,27-28H,9-10H2,1-3H3.